The molecule has 0 aromatic heterocycles. The minimum absolute atomic E-state index is 0.915. The van der Waals surface area contributed by atoms with Crippen LogP contribution >= 0.6 is 0 Å². The Morgan fingerprint density at radius 3 is 2.71 bits per heavy atom. The van der Waals surface area contributed by atoms with Gasteiger partial charge in [-0.1, -0.05) is 37.1 Å². The molecule has 2 rings (SSSR count). The molecule has 0 unspecified atom stereocenters. The summed E-state index contributed by atoms with van der Waals surface area (Å²) in [5.74, 6) is 0. The van der Waals surface area contributed by atoms with E-state index in [4.69, 9.17) is 0 Å². The molecule has 112 valence electrons. The van der Waals surface area contributed by atoms with E-state index in [1.807, 2.05) is 6.21 Å². The van der Waals surface area contributed by atoms with Gasteiger partial charge in [0.2, 0.25) is 0 Å². The molecule has 0 atom stereocenters. The molecular formula is C19H26N2. The summed E-state index contributed by atoms with van der Waals surface area (Å²) in [4.78, 5) is 6.73. The minimum Gasteiger partial charge on any atom is -0.378 e. The smallest absolute Gasteiger partial charge is 0.0389 e. The Morgan fingerprint density at radius 1 is 1.29 bits per heavy atom. The first-order valence-corrected chi connectivity index (χ1v) is 7.80. The van der Waals surface area contributed by atoms with Crippen molar-refractivity contribution in [3.63, 3.8) is 0 Å². The average molecular weight is 282 g/mol. The van der Waals surface area contributed by atoms with Crippen LogP contribution in [0.2, 0.25) is 0 Å². The van der Waals surface area contributed by atoms with E-state index in [-0.39, 0.29) is 0 Å². The second kappa shape index (κ2) is 7.26. The van der Waals surface area contributed by atoms with Crippen LogP contribution in [0.5, 0.6) is 0 Å². The lowest BCUT2D eigenvalue weighted by Crippen LogP contribution is -2.09. The highest BCUT2D eigenvalue weighted by molar-refractivity contribution is 5.91. The van der Waals surface area contributed by atoms with Gasteiger partial charge in [-0.3, -0.25) is 4.99 Å². The Balaban J connectivity index is 2.30. The van der Waals surface area contributed by atoms with E-state index in [0.717, 1.165) is 19.4 Å². The highest BCUT2D eigenvalue weighted by atomic mass is 15.1. The van der Waals surface area contributed by atoms with Crippen LogP contribution in [0.1, 0.15) is 44.2 Å². The van der Waals surface area contributed by atoms with Crippen LogP contribution in [0, 0.1) is 0 Å². The topological polar surface area (TPSA) is 15.6 Å². The van der Waals surface area contributed by atoms with Crippen molar-refractivity contribution >= 4 is 17.5 Å². The van der Waals surface area contributed by atoms with Crippen molar-refractivity contribution < 1.29 is 0 Å². The van der Waals surface area contributed by atoms with Gasteiger partial charge in [0.15, 0.2) is 0 Å². The number of aliphatic imine (C=N–C) groups is 1. The van der Waals surface area contributed by atoms with Crippen molar-refractivity contribution in [1.29, 1.82) is 0 Å². The molecule has 1 aliphatic carbocycles. The van der Waals surface area contributed by atoms with Crippen molar-refractivity contribution in [3.8, 4) is 0 Å². The molecule has 1 aromatic rings. The lowest BCUT2D eigenvalue weighted by Gasteiger charge is -2.15. The number of anilines is 1. The zero-order chi connectivity index (χ0) is 15.2. The van der Waals surface area contributed by atoms with Gasteiger partial charge >= 0.3 is 0 Å². The van der Waals surface area contributed by atoms with Gasteiger partial charge in [-0.2, -0.15) is 0 Å². The van der Waals surface area contributed by atoms with Gasteiger partial charge < -0.3 is 4.90 Å². The van der Waals surface area contributed by atoms with E-state index >= 15 is 0 Å². The lowest BCUT2D eigenvalue weighted by atomic mass is 9.98. The maximum atomic E-state index is 4.60. The van der Waals surface area contributed by atoms with Crippen LogP contribution in [0.3, 0.4) is 0 Å². The number of nitrogens with zero attached hydrogens (tertiary/aromatic N) is 2. The normalized spacial score (nSPS) is 14.5. The third-order valence-corrected chi connectivity index (χ3v) is 3.81. The number of allylic oxidation sites excluding steroid dienone is 4. The molecule has 0 radical (unpaired) electrons. The highest BCUT2D eigenvalue weighted by Gasteiger charge is 2.11. The molecular weight excluding hydrogens is 256 g/mol. The number of hydrogen-bond donors (Lipinski definition) is 0. The zero-order valence-electron chi connectivity index (χ0n) is 13.7. The fraction of sp³-hybridized carbons (Fsp3) is 0.421. The molecule has 1 aliphatic rings. The minimum atomic E-state index is 0.915. The molecule has 1 aromatic carbocycles. The summed E-state index contributed by atoms with van der Waals surface area (Å²) in [6, 6.07) is 6.65. The van der Waals surface area contributed by atoms with Crippen LogP contribution < -0.4 is 4.90 Å². The van der Waals surface area contributed by atoms with Gasteiger partial charge in [0.05, 0.1) is 0 Å². The van der Waals surface area contributed by atoms with Gasteiger partial charge in [0.25, 0.3) is 0 Å². The lowest BCUT2D eigenvalue weighted by molar-refractivity contribution is 0.810. The second-order valence-electron chi connectivity index (χ2n) is 5.88. The molecule has 0 fully saturated rings. The summed E-state index contributed by atoms with van der Waals surface area (Å²) >= 11 is 0. The quantitative estimate of drug-likeness (QED) is 0.545. The van der Waals surface area contributed by atoms with Gasteiger partial charge in [0, 0.05) is 38.1 Å². The Hall–Kier alpha value is -1.83. The summed E-state index contributed by atoms with van der Waals surface area (Å²) in [6.07, 6.45) is 10.00. The molecule has 0 bridgehead atoms. The Labute approximate surface area is 128 Å². The maximum absolute atomic E-state index is 4.60. The number of benzene rings is 1. The summed E-state index contributed by atoms with van der Waals surface area (Å²) < 4.78 is 0. The Kier molecular flexibility index (Phi) is 5.38. The third kappa shape index (κ3) is 4.07. The van der Waals surface area contributed by atoms with Gasteiger partial charge in [0.1, 0.15) is 0 Å². The Bertz CT molecular complexity index is 577. The first-order chi connectivity index (χ1) is 10.1. The van der Waals surface area contributed by atoms with Crippen molar-refractivity contribution in [2.75, 3.05) is 25.5 Å². The summed E-state index contributed by atoms with van der Waals surface area (Å²) in [5.41, 5.74) is 6.52. The van der Waals surface area contributed by atoms with E-state index in [1.165, 1.54) is 34.4 Å². The first-order valence-electron chi connectivity index (χ1n) is 7.80. The summed E-state index contributed by atoms with van der Waals surface area (Å²) in [6.45, 7) is 5.28. The van der Waals surface area contributed by atoms with Crippen LogP contribution in [-0.4, -0.2) is 26.9 Å². The monoisotopic (exact) mass is 282 g/mol. The summed E-state index contributed by atoms with van der Waals surface area (Å²) in [5, 5.41) is 0. The molecule has 2 nitrogen and oxygen atoms in total. The zero-order valence-corrected chi connectivity index (χ0v) is 13.7. The molecule has 2 heteroatoms. The molecule has 0 spiro atoms. The maximum Gasteiger partial charge on any atom is 0.0389 e. The van der Waals surface area contributed by atoms with E-state index in [2.05, 4.69) is 68.2 Å². The number of rotatable bonds is 6. The van der Waals surface area contributed by atoms with Crippen LogP contribution in [-0.2, 0) is 0 Å². The summed E-state index contributed by atoms with van der Waals surface area (Å²) in [7, 11) is 4.15. The van der Waals surface area contributed by atoms with Crippen molar-refractivity contribution in [3.05, 3.63) is 47.1 Å². The molecule has 0 saturated heterocycles. The fourth-order valence-electron chi connectivity index (χ4n) is 2.49. The van der Waals surface area contributed by atoms with Crippen LogP contribution in [0.15, 0.2) is 40.9 Å². The average Bonchev–Trinajstić information content (AvgIpc) is 2.89. The molecule has 0 aliphatic heterocycles. The number of unbranched alkanes of at least 4 members (excludes halogenated alkanes) is 1. The van der Waals surface area contributed by atoms with Crippen molar-refractivity contribution in [2.45, 2.75) is 33.1 Å². The Morgan fingerprint density at radius 2 is 2.10 bits per heavy atom. The third-order valence-electron chi connectivity index (χ3n) is 3.81. The number of hydrogen-bond acceptors (Lipinski definition) is 2. The second-order valence-corrected chi connectivity index (χ2v) is 5.88. The van der Waals surface area contributed by atoms with Gasteiger partial charge in [-0.15, -0.1) is 0 Å². The predicted molar refractivity (Wildman–Crippen MR) is 94.5 cm³/mol. The van der Waals surface area contributed by atoms with Gasteiger partial charge in [-0.05, 0) is 43.0 Å². The van der Waals surface area contributed by atoms with E-state index < -0.39 is 0 Å². The standard InChI is InChI=1S/C19H26N2/c1-5-6-11-20-14-17-13-18(21(3)4)9-10-19(17)16-8-7-15(2)12-16/h7,9-10,12-14H,5-6,8,11H2,1-4H3. The molecule has 0 saturated carbocycles. The molecule has 0 heterocycles. The highest BCUT2D eigenvalue weighted by Crippen LogP contribution is 2.30. The molecule has 0 amide bonds. The fourth-order valence-corrected chi connectivity index (χ4v) is 2.49. The van der Waals surface area contributed by atoms with Crippen LogP contribution in [0.4, 0.5) is 5.69 Å². The van der Waals surface area contributed by atoms with E-state index in [0.29, 0.717) is 0 Å². The molecule has 21 heavy (non-hydrogen) atoms. The largest absolute Gasteiger partial charge is 0.378 e. The van der Waals surface area contributed by atoms with E-state index in [1.54, 1.807) is 0 Å². The van der Waals surface area contributed by atoms with E-state index in [9.17, 15) is 0 Å². The van der Waals surface area contributed by atoms with Crippen LogP contribution in [0.25, 0.3) is 5.57 Å². The van der Waals surface area contributed by atoms with Gasteiger partial charge in [-0.25, -0.2) is 0 Å². The first kappa shape index (κ1) is 15.6. The van der Waals surface area contributed by atoms with Crippen molar-refractivity contribution in [2.24, 2.45) is 4.99 Å². The predicted octanol–water partition coefficient (Wildman–Crippen LogP) is 4.71. The SMILES string of the molecule is CCCCN=Cc1cc(N(C)C)ccc1C1=CC(C)=CC1. The molecule has 0 N–H and O–H groups in total. The van der Waals surface area contributed by atoms with Crippen molar-refractivity contribution in [1.82, 2.24) is 0 Å².